The zero-order valence-electron chi connectivity index (χ0n) is 12.1. The Labute approximate surface area is 119 Å². The molecule has 1 aromatic carbocycles. The van der Waals surface area contributed by atoms with Gasteiger partial charge in [0.2, 0.25) is 0 Å². The topological polar surface area (TPSA) is 53.1 Å². The summed E-state index contributed by atoms with van der Waals surface area (Å²) in [6.07, 6.45) is 2.21. The fourth-order valence-electron chi connectivity index (χ4n) is 2.93. The first-order chi connectivity index (χ1) is 9.68. The molecule has 0 amide bonds. The van der Waals surface area contributed by atoms with E-state index in [0.29, 0.717) is 5.92 Å². The zero-order chi connectivity index (χ0) is 14.1. The maximum absolute atomic E-state index is 6.27. The highest BCUT2D eigenvalue weighted by Gasteiger charge is 2.26. The molecule has 20 heavy (non-hydrogen) atoms. The Morgan fingerprint density at radius 2 is 2.15 bits per heavy atom. The molecule has 1 unspecified atom stereocenters. The van der Waals surface area contributed by atoms with E-state index in [9.17, 15) is 0 Å². The quantitative estimate of drug-likeness (QED) is 0.913. The van der Waals surface area contributed by atoms with E-state index in [0.717, 1.165) is 43.1 Å². The Balaban J connectivity index is 2.12. The largest absolute Gasteiger partial charge is 0.383 e. The molecule has 1 aliphatic rings. The minimum atomic E-state index is 0.349. The maximum Gasteiger partial charge on any atom is 0.129 e. The lowest BCUT2D eigenvalue weighted by Crippen LogP contribution is -2.16. The number of aryl methyl sites for hydroxylation is 2. The van der Waals surface area contributed by atoms with E-state index >= 15 is 0 Å². The second-order valence-corrected chi connectivity index (χ2v) is 5.50. The normalized spacial score (nSPS) is 19.2. The van der Waals surface area contributed by atoms with Gasteiger partial charge < -0.3 is 10.5 Å². The molecule has 0 spiro atoms. The van der Waals surface area contributed by atoms with Crippen LogP contribution in [0, 0.1) is 6.92 Å². The molecular weight excluding hydrogens is 250 g/mol. The van der Waals surface area contributed by atoms with E-state index in [4.69, 9.17) is 10.5 Å². The molecule has 1 atom stereocenters. The summed E-state index contributed by atoms with van der Waals surface area (Å²) in [4.78, 5) is 0. The van der Waals surface area contributed by atoms with Gasteiger partial charge in [0.15, 0.2) is 0 Å². The van der Waals surface area contributed by atoms with Crippen molar-refractivity contribution < 1.29 is 4.74 Å². The molecule has 4 heteroatoms. The van der Waals surface area contributed by atoms with Crippen molar-refractivity contribution in [2.24, 2.45) is 7.05 Å². The third kappa shape index (κ3) is 2.20. The van der Waals surface area contributed by atoms with Crippen molar-refractivity contribution in [1.82, 2.24) is 9.78 Å². The van der Waals surface area contributed by atoms with Crippen molar-refractivity contribution >= 4 is 5.82 Å². The average molecular weight is 271 g/mol. The number of ether oxygens (including phenoxy) is 1. The Bertz CT molecular complexity index is 612. The smallest absolute Gasteiger partial charge is 0.129 e. The maximum atomic E-state index is 6.27. The minimum absolute atomic E-state index is 0.349. The van der Waals surface area contributed by atoms with Gasteiger partial charge in [0.05, 0.1) is 12.3 Å². The number of nitrogens with two attached hydrogens (primary N) is 1. The summed E-state index contributed by atoms with van der Waals surface area (Å²) in [5.74, 6) is 1.08. The molecule has 1 aliphatic heterocycles. The first-order valence-corrected chi connectivity index (χ1v) is 7.14. The summed E-state index contributed by atoms with van der Waals surface area (Å²) in [6, 6.07) is 8.34. The van der Waals surface area contributed by atoms with E-state index in [1.54, 1.807) is 4.68 Å². The van der Waals surface area contributed by atoms with Crippen LogP contribution in [0.3, 0.4) is 0 Å². The molecule has 2 N–H and O–H groups in total. The number of aromatic nitrogens is 2. The number of hydrogen-bond donors (Lipinski definition) is 1. The highest BCUT2D eigenvalue weighted by molar-refractivity contribution is 5.79. The summed E-state index contributed by atoms with van der Waals surface area (Å²) < 4.78 is 7.40. The van der Waals surface area contributed by atoms with E-state index in [1.807, 2.05) is 7.05 Å². The molecule has 0 saturated carbocycles. The van der Waals surface area contributed by atoms with E-state index < -0.39 is 0 Å². The molecule has 2 heterocycles. The zero-order valence-corrected chi connectivity index (χ0v) is 12.1. The van der Waals surface area contributed by atoms with Gasteiger partial charge in [0.1, 0.15) is 5.82 Å². The van der Waals surface area contributed by atoms with Gasteiger partial charge in [-0.1, -0.05) is 24.3 Å². The molecule has 106 valence electrons. The number of rotatable bonds is 2. The molecule has 1 aromatic heterocycles. The van der Waals surface area contributed by atoms with Gasteiger partial charge >= 0.3 is 0 Å². The number of nitrogen functional groups attached to an aromatic ring is 1. The fourth-order valence-corrected chi connectivity index (χ4v) is 2.93. The van der Waals surface area contributed by atoms with E-state index in [-0.39, 0.29) is 0 Å². The highest BCUT2D eigenvalue weighted by Crippen LogP contribution is 2.37. The number of benzene rings is 1. The SMILES string of the molecule is Cc1ccccc1-c1c(C2CCCOC2)nn(C)c1N. The molecule has 0 radical (unpaired) electrons. The Morgan fingerprint density at radius 3 is 2.85 bits per heavy atom. The first-order valence-electron chi connectivity index (χ1n) is 7.14. The first kappa shape index (κ1) is 13.2. The van der Waals surface area contributed by atoms with Gasteiger partial charge in [-0.15, -0.1) is 0 Å². The Kier molecular flexibility index (Phi) is 3.49. The van der Waals surface area contributed by atoms with Crippen molar-refractivity contribution in [3.8, 4) is 11.1 Å². The van der Waals surface area contributed by atoms with Gasteiger partial charge in [-0.3, -0.25) is 4.68 Å². The van der Waals surface area contributed by atoms with Crippen LogP contribution in [0.2, 0.25) is 0 Å². The highest BCUT2D eigenvalue weighted by atomic mass is 16.5. The fraction of sp³-hybridized carbons (Fsp3) is 0.438. The number of anilines is 1. The minimum Gasteiger partial charge on any atom is -0.383 e. The van der Waals surface area contributed by atoms with Crippen LogP contribution in [0.15, 0.2) is 24.3 Å². The van der Waals surface area contributed by atoms with Crippen LogP contribution in [0.1, 0.15) is 30.0 Å². The van der Waals surface area contributed by atoms with Gasteiger partial charge in [-0.05, 0) is 30.9 Å². The van der Waals surface area contributed by atoms with Crippen LogP contribution in [-0.4, -0.2) is 23.0 Å². The van der Waals surface area contributed by atoms with E-state index in [1.165, 1.54) is 11.1 Å². The molecule has 2 aromatic rings. The number of hydrogen-bond acceptors (Lipinski definition) is 3. The van der Waals surface area contributed by atoms with Crippen molar-refractivity contribution in [3.63, 3.8) is 0 Å². The van der Waals surface area contributed by atoms with Gasteiger partial charge in [-0.2, -0.15) is 5.10 Å². The van der Waals surface area contributed by atoms with Crippen molar-refractivity contribution in [2.75, 3.05) is 18.9 Å². The average Bonchev–Trinajstić information content (AvgIpc) is 2.77. The summed E-state index contributed by atoms with van der Waals surface area (Å²) in [6.45, 7) is 3.72. The second kappa shape index (κ2) is 5.29. The summed E-state index contributed by atoms with van der Waals surface area (Å²) in [5.41, 5.74) is 10.8. The number of nitrogens with zero attached hydrogens (tertiary/aromatic N) is 2. The Morgan fingerprint density at radius 1 is 1.35 bits per heavy atom. The lowest BCUT2D eigenvalue weighted by Gasteiger charge is -2.21. The van der Waals surface area contributed by atoms with Crippen LogP contribution in [0.5, 0.6) is 0 Å². The summed E-state index contributed by atoms with van der Waals surface area (Å²) in [5, 5.41) is 4.66. The van der Waals surface area contributed by atoms with Crippen molar-refractivity contribution in [3.05, 3.63) is 35.5 Å². The molecule has 0 aliphatic carbocycles. The van der Waals surface area contributed by atoms with Crippen LogP contribution >= 0.6 is 0 Å². The molecule has 4 nitrogen and oxygen atoms in total. The predicted molar refractivity (Wildman–Crippen MR) is 80.6 cm³/mol. The molecular formula is C16H21N3O. The molecule has 1 fully saturated rings. The lowest BCUT2D eigenvalue weighted by molar-refractivity contribution is 0.0793. The van der Waals surface area contributed by atoms with Crippen LogP contribution < -0.4 is 5.73 Å². The third-order valence-corrected chi connectivity index (χ3v) is 4.08. The van der Waals surface area contributed by atoms with Crippen LogP contribution in [-0.2, 0) is 11.8 Å². The molecule has 1 saturated heterocycles. The summed E-state index contributed by atoms with van der Waals surface area (Å²) >= 11 is 0. The van der Waals surface area contributed by atoms with Crippen LogP contribution in [0.25, 0.3) is 11.1 Å². The lowest BCUT2D eigenvalue weighted by atomic mass is 9.91. The van der Waals surface area contributed by atoms with Gasteiger partial charge in [0, 0.05) is 25.1 Å². The Hall–Kier alpha value is -1.81. The van der Waals surface area contributed by atoms with Crippen LogP contribution in [0.4, 0.5) is 5.82 Å². The molecule has 0 bridgehead atoms. The third-order valence-electron chi connectivity index (χ3n) is 4.08. The van der Waals surface area contributed by atoms with Gasteiger partial charge in [-0.25, -0.2) is 0 Å². The van der Waals surface area contributed by atoms with Gasteiger partial charge in [0.25, 0.3) is 0 Å². The summed E-state index contributed by atoms with van der Waals surface area (Å²) in [7, 11) is 1.91. The standard InChI is InChI=1S/C16H21N3O/c1-11-6-3-4-8-13(11)14-15(18-19(2)16(14)17)12-7-5-9-20-10-12/h3-4,6,8,12H,5,7,9-10,17H2,1-2H3. The predicted octanol–water partition coefficient (Wildman–Crippen LogP) is 2.87. The van der Waals surface area contributed by atoms with Crippen molar-refractivity contribution in [1.29, 1.82) is 0 Å². The molecule has 3 rings (SSSR count). The van der Waals surface area contributed by atoms with Crippen molar-refractivity contribution in [2.45, 2.75) is 25.7 Å². The second-order valence-electron chi connectivity index (χ2n) is 5.50. The monoisotopic (exact) mass is 271 g/mol. The van der Waals surface area contributed by atoms with E-state index in [2.05, 4.69) is 36.3 Å².